The van der Waals surface area contributed by atoms with E-state index in [2.05, 4.69) is 49.3 Å². The van der Waals surface area contributed by atoms with E-state index in [0.717, 1.165) is 13.2 Å². The van der Waals surface area contributed by atoms with E-state index >= 15 is 0 Å². The maximum Gasteiger partial charge on any atom is 1.00 e. The monoisotopic (exact) mass is 361 g/mol. The number of thiocarbonyl (C=S) groups is 3. The van der Waals surface area contributed by atoms with Gasteiger partial charge < -0.3 is 20.6 Å². The molecule has 0 bridgehead atoms. The van der Waals surface area contributed by atoms with Crippen LogP contribution in [-0.4, -0.2) is 51.8 Å². The van der Waals surface area contributed by atoms with E-state index in [1.807, 2.05) is 32.3 Å². The second-order valence-corrected chi connectivity index (χ2v) is 3.82. The summed E-state index contributed by atoms with van der Waals surface area (Å²) in [5.41, 5.74) is 0. The molecule has 0 aliphatic heterocycles. The van der Waals surface area contributed by atoms with Crippen LogP contribution in [0.2, 0.25) is 0 Å². The normalized spacial score (nSPS) is 5.39. The van der Waals surface area contributed by atoms with Crippen LogP contribution in [0.5, 0.6) is 0 Å². The van der Waals surface area contributed by atoms with Crippen LogP contribution in [0.4, 0.5) is 0 Å². The molecule has 0 aliphatic rings. The zero-order chi connectivity index (χ0) is 12.0. The van der Waals surface area contributed by atoms with Crippen molar-refractivity contribution in [2.45, 2.75) is 21.3 Å². The summed E-state index contributed by atoms with van der Waals surface area (Å²) in [6, 6.07) is 0. The van der Waals surface area contributed by atoms with E-state index in [1.54, 1.807) is 4.90 Å². The van der Waals surface area contributed by atoms with Gasteiger partial charge in [-0.15, -0.1) is 12.6 Å². The average Bonchev–Trinajstić information content (AvgIpc) is 2.08. The Hall–Kier alpha value is 1.98. The molecule has 3 N–H and O–H groups in total. The summed E-state index contributed by atoms with van der Waals surface area (Å²) in [6.07, 6.45) is 0. The summed E-state index contributed by atoms with van der Waals surface area (Å²) >= 11 is 16.4. The van der Waals surface area contributed by atoms with Gasteiger partial charge in [-0.25, -0.2) is 0 Å². The van der Waals surface area contributed by atoms with Gasteiger partial charge in [-0.05, 0) is 38.3 Å². The van der Waals surface area contributed by atoms with Crippen molar-refractivity contribution >= 4 is 57.9 Å². The van der Waals surface area contributed by atoms with Gasteiger partial charge in [0.2, 0.25) is 0 Å². The summed E-state index contributed by atoms with van der Waals surface area (Å²) in [6.45, 7) is 5.67. The number of ether oxygens (including phenoxy) is 1. The van der Waals surface area contributed by atoms with Crippen molar-refractivity contribution in [2.24, 2.45) is 0 Å². The van der Waals surface area contributed by atoms with Gasteiger partial charge in [0.1, 0.15) is 4.32 Å². The van der Waals surface area contributed by atoms with Crippen molar-refractivity contribution < 1.29 is 67.1 Å². The first-order valence-electron chi connectivity index (χ1n) is 3.95. The van der Waals surface area contributed by atoms with Crippen LogP contribution in [0, 0.1) is 0 Å². The quantitative estimate of drug-likeness (QED) is 0.405. The van der Waals surface area contributed by atoms with Crippen molar-refractivity contribution in [2.75, 3.05) is 27.3 Å². The minimum Gasteiger partial charge on any atom is -0.870 e. The Morgan fingerprint density at radius 3 is 1.39 bits per heavy atom. The zero-order valence-corrected chi connectivity index (χ0v) is 17.4. The number of hydrogen-bond acceptors (Lipinski definition) is 5. The second-order valence-electron chi connectivity index (χ2n) is 2.04. The first-order valence-corrected chi connectivity index (χ1v) is 5.62. The molecule has 0 fully saturated rings. The maximum atomic E-state index is 4.83. The van der Waals surface area contributed by atoms with E-state index in [4.69, 9.17) is 4.74 Å². The van der Waals surface area contributed by atoms with Crippen LogP contribution in [0.1, 0.15) is 21.3 Å². The molecule has 0 radical (unpaired) electrons. The van der Waals surface area contributed by atoms with Crippen LogP contribution < -0.4 is 51.4 Å². The van der Waals surface area contributed by atoms with Gasteiger partial charge in [-0.3, -0.25) is 0 Å². The molecule has 0 atom stereocenters. The molecule has 0 aromatic rings. The number of nitrogens with zero attached hydrogens (tertiary/aromatic N) is 1. The van der Waals surface area contributed by atoms with E-state index in [-0.39, 0.29) is 69.8 Å². The van der Waals surface area contributed by atoms with Crippen LogP contribution in [0.3, 0.4) is 0 Å². The molecule has 0 aliphatic carbocycles. The van der Waals surface area contributed by atoms with E-state index in [0.29, 0.717) is 4.32 Å². The predicted octanol–water partition coefficient (Wildman–Crippen LogP) is -0.538. The zero-order valence-electron chi connectivity index (χ0n) is 10.9. The van der Waals surface area contributed by atoms with Gasteiger partial charge in [0.15, 0.2) is 0 Å². The topological polar surface area (TPSA) is 74.0 Å². The van der Waals surface area contributed by atoms with Crippen molar-refractivity contribution in [3.05, 3.63) is 0 Å². The standard InChI is InChI=1S/C4H10O.C3H7NS2.CS2.CH4.K.2H2O/c1-3-5-4-2;1-4(2)3(5)6;2-1-3;;;;/h3-4H2,1-2H3;1-2H3,(H,5,6);;1H4;;2*1H2/q;;;;+1;;/p-1. The first-order chi connectivity index (χ1) is 6.47. The molecule has 0 unspecified atom stereocenters. The first kappa shape index (κ1) is 42.7. The molecule has 18 heavy (non-hydrogen) atoms. The summed E-state index contributed by atoms with van der Waals surface area (Å²) in [7, 11) is 3.71. The van der Waals surface area contributed by atoms with Gasteiger partial charge in [-0.2, -0.15) is 0 Å². The average molecular weight is 362 g/mol. The number of hydrogen-bond donors (Lipinski definition) is 1. The number of thiol groups is 1. The molecule has 0 aromatic carbocycles. The summed E-state index contributed by atoms with van der Waals surface area (Å²) in [5, 5.41) is 0. The Labute approximate surface area is 176 Å². The number of rotatable bonds is 2. The van der Waals surface area contributed by atoms with Crippen LogP contribution >= 0.6 is 49.3 Å². The SMILES string of the molecule is C.CCOCC.CN(C)C(=S)S.O.S=C=S.[K+].[OH-]. The fourth-order valence-electron chi connectivity index (χ4n) is 0.204. The molecule has 0 heterocycles. The molecular weight excluding hydrogens is 337 g/mol. The fraction of sp³-hybridized carbons (Fsp3) is 0.778. The molecule has 0 spiro atoms. The van der Waals surface area contributed by atoms with Gasteiger partial charge in [0.05, 0.1) is 0 Å². The fourth-order valence-corrected chi connectivity index (χ4v) is 0.204. The van der Waals surface area contributed by atoms with Crippen molar-refractivity contribution in [3.63, 3.8) is 0 Å². The third kappa shape index (κ3) is 81.4. The van der Waals surface area contributed by atoms with Crippen molar-refractivity contribution in [1.29, 1.82) is 0 Å². The second kappa shape index (κ2) is 42.8. The Morgan fingerprint density at radius 2 is 1.39 bits per heavy atom. The molecule has 0 saturated carbocycles. The Morgan fingerprint density at radius 1 is 1.22 bits per heavy atom. The van der Waals surface area contributed by atoms with E-state index in [1.165, 1.54) is 0 Å². The summed E-state index contributed by atoms with van der Waals surface area (Å²) < 4.78 is 7.37. The van der Waals surface area contributed by atoms with Gasteiger partial charge in [0, 0.05) is 31.6 Å². The molecular formula is C9H24KNO3S4. The molecule has 0 saturated heterocycles. The third-order valence-electron chi connectivity index (χ3n) is 0.791. The van der Waals surface area contributed by atoms with Gasteiger partial charge in [0.25, 0.3) is 0 Å². The van der Waals surface area contributed by atoms with Crippen molar-refractivity contribution in [3.8, 4) is 0 Å². The minimum atomic E-state index is 0. The Balaban J connectivity index is -0.0000000189. The predicted molar refractivity (Wildman–Crippen MR) is 89.9 cm³/mol. The van der Waals surface area contributed by atoms with E-state index in [9.17, 15) is 0 Å². The molecule has 0 aromatic heterocycles. The Kier molecular flexibility index (Phi) is 101. The van der Waals surface area contributed by atoms with Crippen LogP contribution in [-0.2, 0) is 4.74 Å². The largest absolute Gasteiger partial charge is 1.00 e. The molecule has 0 rings (SSSR count). The maximum absolute atomic E-state index is 4.83. The molecule has 9 heteroatoms. The minimum absolute atomic E-state index is 0. The summed E-state index contributed by atoms with van der Waals surface area (Å²) in [4.78, 5) is 1.76. The smallest absolute Gasteiger partial charge is 0.870 e. The molecule has 0 amide bonds. The van der Waals surface area contributed by atoms with E-state index < -0.39 is 0 Å². The van der Waals surface area contributed by atoms with Gasteiger partial charge in [-0.1, -0.05) is 19.6 Å². The van der Waals surface area contributed by atoms with Crippen LogP contribution in [0.25, 0.3) is 0 Å². The van der Waals surface area contributed by atoms with Crippen molar-refractivity contribution in [1.82, 2.24) is 4.90 Å². The Bertz CT molecular complexity index is 166. The summed E-state index contributed by atoms with van der Waals surface area (Å²) in [5.74, 6) is 0. The molecule has 4 nitrogen and oxygen atoms in total. The van der Waals surface area contributed by atoms with Gasteiger partial charge >= 0.3 is 51.4 Å². The van der Waals surface area contributed by atoms with Crippen LogP contribution in [0.15, 0.2) is 0 Å². The third-order valence-corrected chi connectivity index (χ3v) is 1.56. The molecule has 108 valence electrons.